The van der Waals surface area contributed by atoms with Crippen LogP contribution in [0.15, 0.2) is 15.9 Å². The third-order valence-electron chi connectivity index (χ3n) is 1.83. The van der Waals surface area contributed by atoms with Crippen LogP contribution in [0.4, 0.5) is 5.00 Å². The molecule has 84 valence electrons. The lowest BCUT2D eigenvalue weighted by Gasteiger charge is -2.17. The van der Waals surface area contributed by atoms with E-state index in [2.05, 4.69) is 21.2 Å². The number of anilines is 1. The van der Waals surface area contributed by atoms with Gasteiger partial charge in [-0.3, -0.25) is 4.79 Å². The van der Waals surface area contributed by atoms with Crippen LogP contribution in [0.1, 0.15) is 26.7 Å². The van der Waals surface area contributed by atoms with E-state index >= 15 is 0 Å². The van der Waals surface area contributed by atoms with Gasteiger partial charge in [-0.15, -0.1) is 11.3 Å². The van der Waals surface area contributed by atoms with E-state index in [4.69, 9.17) is 5.73 Å². The fraction of sp³-hybridized carbons (Fsp3) is 0.500. The number of hydrogen-bond acceptors (Lipinski definition) is 3. The van der Waals surface area contributed by atoms with Crippen molar-refractivity contribution in [2.24, 2.45) is 5.73 Å². The quantitative estimate of drug-likeness (QED) is 0.896. The number of hydrogen-bond donors (Lipinski definition) is 2. The van der Waals surface area contributed by atoms with Crippen molar-refractivity contribution in [3.8, 4) is 0 Å². The highest BCUT2D eigenvalue weighted by Crippen LogP contribution is 2.26. The van der Waals surface area contributed by atoms with Crippen LogP contribution < -0.4 is 11.1 Å². The molecule has 15 heavy (non-hydrogen) atoms. The molecule has 0 spiro atoms. The van der Waals surface area contributed by atoms with Gasteiger partial charge in [0.25, 0.3) is 0 Å². The highest BCUT2D eigenvalue weighted by molar-refractivity contribution is 9.11. The van der Waals surface area contributed by atoms with Crippen LogP contribution in [0.25, 0.3) is 0 Å². The molecule has 0 radical (unpaired) electrons. The minimum absolute atomic E-state index is 0.0166. The molecule has 0 atom stereocenters. The van der Waals surface area contributed by atoms with E-state index < -0.39 is 0 Å². The first kappa shape index (κ1) is 12.7. The number of nitrogens with one attached hydrogen (secondary N) is 1. The molecule has 0 bridgehead atoms. The van der Waals surface area contributed by atoms with E-state index in [1.807, 2.05) is 26.0 Å². The van der Waals surface area contributed by atoms with Gasteiger partial charge in [0.05, 0.1) is 8.79 Å². The normalized spacial score (nSPS) is 11.5. The number of amides is 1. The number of carbonyl (C=O) groups excluding carboxylic acids is 1. The van der Waals surface area contributed by atoms with Gasteiger partial charge in [-0.25, -0.2) is 0 Å². The first-order valence-electron chi connectivity index (χ1n) is 4.71. The Labute approximate surface area is 102 Å². The Morgan fingerprint density at radius 1 is 1.60 bits per heavy atom. The molecule has 1 rings (SSSR count). The lowest BCUT2D eigenvalue weighted by Crippen LogP contribution is -2.33. The van der Waals surface area contributed by atoms with Crippen molar-refractivity contribution in [1.29, 1.82) is 0 Å². The molecule has 0 saturated carbocycles. The van der Waals surface area contributed by atoms with Crippen molar-refractivity contribution in [3.05, 3.63) is 15.9 Å². The van der Waals surface area contributed by atoms with E-state index in [1.54, 1.807) is 0 Å². The molecule has 0 saturated heterocycles. The highest BCUT2D eigenvalue weighted by atomic mass is 79.9. The first-order valence-corrected chi connectivity index (χ1v) is 6.32. The molecular formula is C10H15BrN2OS. The van der Waals surface area contributed by atoms with Gasteiger partial charge < -0.3 is 11.1 Å². The van der Waals surface area contributed by atoms with Crippen molar-refractivity contribution in [2.45, 2.75) is 32.2 Å². The van der Waals surface area contributed by atoms with Gasteiger partial charge in [0, 0.05) is 12.0 Å². The average Bonchev–Trinajstić information content (AvgIpc) is 2.47. The molecule has 1 amide bonds. The van der Waals surface area contributed by atoms with Crippen molar-refractivity contribution in [1.82, 2.24) is 0 Å². The molecule has 1 aromatic rings. The Kier molecular flexibility index (Phi) is 4.31. The van der Waals surface area contributed by atoms with Gasteiger partial charge in [-0.1, -0.05) is 0 Å². The minimum atomic E-state index is -0.284. The van der Waals surface area contributed by atoms with Crippen LogP contribution in [0, 0.1) is 0 Å². The second-order valence-corrected chi connectivity index (χ2v) is 6.60. The summed E-state index contributed by atoms with van der Waals surface area (Å²) in [5.41, 5.74) is 5.51. The van der Waals surface area contributed by atoms with Gasteiger partial charge in [-0.2, -0.15) is 0 Å². The number of halogens is 1. The first-order chi connectivity index (χ1) is 6.87. The van der Waals surface area contributed by atoms with Crippen LogP contribution >= 0.6 is 27.3 Å². The van der Waals surface area contributed by atoms with Crippen molar-refractivity contribution in [3.63, 3.8) is 0 Å². The molecule has 5 heteroatoms. The summed E-state index contributed by atoms with van der Waals surface area (Å²) in [6.45, 7) is 3.84. The third-order valence-corrected chi connectivity index (χ3v) is 3.37. The Morgan fingerprint density at radius 2 is 2.27 bits per heavy atom. The van der Waals surface area contributed by atoms with Crippen molar-refractivity contribution >= 4 is 38.2 Å². The summed E-state index contributed by atoms with van der Waals surface area (Å²) in [5, 5.41) is 3.69. The van der Waals surface area contributed by atoms with E-state index in [9.17, 15) is 4.79 Å². The maximum Gasteiger partial charge on any atom is 0.225 e. The van der Waals surface area contributed by atoms with Crippen molar-refractivity contribution < 1.29 is 4.79 Å². The molecule has 1 heterocycles. The summed E-state index contributed by atoms with van der Waals surface area (Å²) in [5.74, 6) is 0.0166. The zero-order chi connectivity index (χ0) is 11.5. The Balaban J connectivity index is 2.37. The monoisotopic (exact) mass is 290 g/mol. The number of rotatable bonds is 4. The van der Waals surface area contributed by atoms with Crippen LogP contribution in [0.3, 0.4) is 0 Å². The Morgan fingerprint density at radius 3 is 2.73 bits per heavy atom. The predicted octanol–water partition coefficient (Wildman–Crippen LogP) is 2.97. The lowest BCUT2D eigenvalue weighted by atomic mass is 10.00. The largest absolute Gasteiger partial charge is 0.326 e. The molecule has 0 aromatic carbocycles. The predicted molar refractivity (Wildman–Crippen MR) is 68.1 cm³/mol. The maximum atomic E-state index is 11.5. The zero-order valence-corrected chi connectivity index (χ0v) is 11.2. The van der Waals surface area contributed by atoms with E-state index in [0.29, 0.717) is 12.8 Å². The van der Waals surface area contributed by atoms with Gasteiger partial charge in [-0.05, 0) is 48.3 Å². The summed E-state index contributed by atoms with van der Waals surface area (Å²) < 4.78 is 1.01. The highest BCUT2D eigenvalue weighted by Gasteiger charge is 2.13. The number of carbonyl (C=O) groups is 1. The van der Waals surface area contributed by atoms with Crippen molar-refractivity contribution in [2.75, 3.05) is 5.32 Å². The summed E-state index contributed by atoms with van der Waals surface area (Å²) >= 11 is 4.84. The smallest absolute Gasteiger partial charge is 0.225 e. The van der Waals surface area contributed by atoms with Gasteiger partial charge in [0.15, 0.2) is 0 Å². The maximum absolute atomic E-state index is 11.5. The molecule has 0 aliphatic carbocycles. The Hall–Kier alpha value is -0.390. The molecule has 0 aliphatic rings. The molecule has 0 fully saturated rings. The van der Waals surface area contributed by atoms with Crippen LogP contribution in [0.5, 0.6) is 0 Å². The Bertz CT molecular complexity index is 343. The van der Waals surface area contributed by atoms with Gasteiger partial charge in [0.1, 0.15) is 0 Å². The zero-order valence-electron chi connectivity index (χ0n) is 8.84. The standard InChI is InChI=1S/C10H15BrN2OS/c1-10(2,12)6-5-8(14)13-9-4-3-7(11)15-9/h3-4H,5-6,12H2,1-2H3,(H,13,14). The molecule has 0 unspecified atom stereocenters. The van der Waals surface area contributed by atoms with Crippen LogP contribution in [0.2, 0.25) is 0 Å². The summed E-state index contributed by atoms with van der Waals surface area (Å²) in [7, 11) is 0. The van der Waals surface area contributed by atoms with Crippen LogP contribution in [-0.2, 0) is 4.79 Å². The molecule has 0 aliphatic heterocycles. The van der Waals surface area contributed by atoms with E-state index in [1.165, 1.54) is 11.3 Å². The van der Waals surface area contributed by atoms with E-state index in [-0.39, 0.29) is 11.4 Å². The fourth-order valence-electron chi connectivity index (χ4n) is 1.02. The molecule has 3 N–H and O–H groups in total. The molecule has 1 aromatic heterocycles. The van der Waals surface area contributed by atoms with Crippen LogP contribution in [-0.4, -0.2) is 11.4 Å². The number of thiophene rings is 1. The topological polar surface area (TPSA) is 55.1 Å². The second-order valence-electron chi connectivity index (χ2n) is 4.14. The van der Waals surface area contributed by atoms with Gasteiger partial charge >= 0.3 is 0 Å². The minimum Gasteiger partial charge on any atom is -0.326 e. The summed E-state index contributed by atoms with van der Waals surface area (Å²) in [6, 6.07) is 3.79. The summed E-state index contributed by atoms with van der Waals surface area (Å²) in [6.07, 6.45) is 1.14. The summed E-state index contributed by atoms with van der Waals surface area (Å²) in [4.78, 5) is 11.5. The van der Waals surface area contributed by atoms with Gasteiger partial charge in [0.2, 0.25) is 5.91 Å². The third kappa shape index (κ3) is 5.30. The lowest BCUT2D eigenvalue weighted by molar-refractivity contribution is -0.116. The number of nitrogens with two attached hydrogens (primary N) is 1. The van der Waals surface area contributed by atoms with E-state index in [0.717, 1.165) is 8.79 Å². The second kappa shape index (κ2) is 5.09. The fourth-order valence-corrected chi connectivity index (χ4v) is 2.32. The molecule has 3 nitrogen and oxygen atoms in total. The molecular weight excluding hydrogens is 276 g/mol. The SMILES string of the molecule is CC(C)(N)CCC(=O)Nc1ccc(Br)s1. The average molecular weight is 291 g/mol.